The first-order chi connectivity index (χ1) is 13.1. The van der Waals surface area contributed by atoms with Crippen molar-refractivity contribution in [3.8, 4) is 11.6 Å². The fourth-order valence-corrected chi connectivity index (χ4v) is 3.05. The number of ether oxygens (including phenoxy) is 2. The van der Waals surface area contributed by atoms with E-state index in [9.17, 15) is 9.59 Å². The molecule has 6 heteroatoms. The number of nitrogens with zero attached hydrogens (tertiary/aromatic N) is 2. The van der Waals surface area contributed by atoms with Crippen molar-refractivity contribution in [2.24, 2.45) is 0 Å². The van der Waals surface area contributed by atoms with E-state index in [0.717, 1.165) is 38.8 Å². The molecule has 2 heterocycles. The van der Waals surface area contributed by atoms with Gasteiger partial charge in [-0.3, -0.25) is 4.79 Å². The van der Waals surface area contributed by atoms with Crippen molar-refractivity contribution in [2.45, 2.75) is 38.7 Å². The highest BCUT2D eigenvalue weighted by Gasteiger charge is 2.26. The van der Waals surface area contributed by atoms with Gasteiger partial charge in [0.05, 0.1) is 0 Å². The van der Waals surface area contributed by atoms with Gasteiger partial charge in [0.25, 0.3) is 5.91 Å². The summed E-state index contributed by atoms with van der Waals surface area (Å²) in [6, 6.07) is 12.3. The second kappa shape index (κ2) is 9.16. The number of aromatic nitrogens is 1. The van der Waals surface area contributed by atoms with Gasteiger partial charge in [0.1, 0.15) is 11.3 Å². The zero-order valence-corrected chi connectivity index (χ0v) is 15.5. The van der Waals surface area contributed by atoms with Gasteiger partial charge in [-0.2, -0.15) is 0 Å². The van der Waals surface area contributed by atoms with Crippen molar-refractivity contribution in [1.82, 2.24) is 9.88 Å². The Bertz CT molecular complexity index is 771. The Kier molecular flexibility index (Phi) is 6.41. The molecular formula is C21H24N2O4. The molecule has 2 aromatic rings. The number of hydrogen-bond donors (Lipinski definition) is 0. The number of carbonyl (C=O) groups is 2. The van der Waals surface area contributed by atoms with E-state index in [2.05, 4.69) is 4.98 Å². The lowest BCUT2D eigenvalue weighted by Crippen LogP contribution is -2.40. The van der Waals surface area contributed by atoms with E-state index in [-0.39, 0.29) is 17.4 Å². The van der Waals surface area contributed by atoms with Crippen molar-refractivity contribution in [3.63, 3.8) is 0 Å². The first-order valence-corrected chi connectivity index (χ1v) is 9.33. The zero-order valence-electron chi connectivity index (χ0n) is 15.5. The highest BCUT2D eigenvalue weighted by Crippen LogP contribution is 2.23. The van der Waals surface area contributed by atoms with Gasteiger partial charge in [-0.05, 0) is 44.0 Å². The molecule has 1 fully saturated rings. The maximum atomic E-state index is 12.6. The van der Waals surface area contributed by atoms with Crippen LogP contribution in [0.3, 0.4) is 0 Å². The van der Waals surface area contributed by atoms with Crippen LogP contribution in [0.15, 0.2) is 48.7 Å². The Hall–Kier alpha value is -2.89. The molecule has 0 aliphatic carbocycles. The van der Waals surface area contributed by atoms with Gasteiger partial charge in [0, 0.05) is 19.3 Å². The molecule has 1 atom stereocenters. The first-order valence-electron chi connectivity index (χ1n) is 9.33. The average molecular weight is 368 g/mol. The van der Waals surface area contributed by atoms with E-state index in [0.29, 0.717) is 5.75 Å². The van der Waals surface area contributed by atoms with Crippen LogP contribution in [-0.2, 0) is 9.53 Å². The molecule has 6 nitrogen and oxygen atoms in total. The second-order valence-corrected chi connectivity index (χ2v) is 6.56. The number of esters is 1. The summed E-state index contributed by atoms with van der Waals surface area (Å²) in [7, 11) is 0. The summed E-state index contributed by atoms with van der Waals surface area (Å²) in [6.07, 6.45) is 4.94. The van der Waals surface area contributed by atoms with E-state index in [1.54, 1.807) is 42.3 Å². The van der Waals surface area contributed by atoms with Crippen LogP contribution in [0.25, 0.3) is 0 Å². The molecule has 1 aromatic carbocycles. The quantitative estimate of drug-likeness (QED) is 0.751. The summed E-state index contributed by atoms with van der Waals surface area (Å²) in [5.74, 6) is -0.0496. The molecular weight excluding hydrogens is 344 g/mol. The fraction of sp³-hybridized carbons (Fsp3) is 0.381. The SMILES string of the molecule is CC(OC(=O)c1cccnc1Oc1ccccc1)C(=O)N1CCCCCC1. The van der Waals surface area contributed by atoms with E-state index >= 15 is 0 Å². The number of para-hydroxylation sites is 1. The largest absolute Gasteiger partial charge is 0.449 e. The molecule has 1 amide bonds. The van der Waals surface area contributed by atoms with Gasteiger partial charge in [0.2, 0.25) is 5.88 Å². The highest BCUT2D eigenvalue weighted by molar-refractivity contribution is 5.94. The fourth-order valence-electron chi connectivity index (χ4n) is 3.05. The summed E-state index contributed by atoms with van der Waals surface area (Å²) in [5, 5.41) is 0. The molecule has 1 saturated heterocycles. The number of rotatable bonds is 5. The van der Waals surface area contributed by atoms with Crippen molar-refractivity contribution in [2.75, 3.05) is 13.1 Å². The lowest BCUT2D eigenvalue weighted by atomic mass is 10.2. The van der Waals surface area contributed by atoms with Crippen LogP contribution in [0.4, 0.5) is 0 Å². The lowest BCUT2D eigenvalue weighted by molar-refractivity contribution is -0.139. The second-order valence-electron chi connectivity index (χ2n) is 6.56. The Balaban J connectivity index is 1.67. The van der Waals surface area contributed by atoms with Gasteiger partial charge in [-0.1, -0.05) is 31.0 Å². The molecule has 0 spiro atoms. The molecule has 1 aliphatic rings. The van der Waals surface area contributed by atoms with Crippen LogP contribution < -0.4 is 4.74 Å². The van der Waals surface area contributed by atoms with Crippen LogP contribution in [0.5, 0.6) is 11.6 Å². The minimum Gasteiger partial charge on any atom is -0.449 e. The Morgan fingerprint density at radius 3 is 2.41 bits per heavy atom. The van der Waals surface area contributed by atoms with Crippen molar-refractivity contribution < 1.29 is 19.1 Å². The molecule has 0 bridgehead atoms. The third-order valence-electron chi connectivity index (χ3n) is 4.50. The highest BCUT2D eigenvalue weighted by atomic mass is 16.6. The van der Waals surface area contributed by atoms with Crippen LogP contribution in [0, 0.1) is 0 Å². The first kappa shape index (κ1) is 18.9. The van der Waals surface area contributed by atoms with Gasteiger partial charge < -0.3 is 14.4 Å². The number of amides is 1. The van der Waals surface area contributed by atoms with E-state index in [1.807, 2.05) is 18.2 Å². The van der Waals surface area contributed by atoms with Crippen molar-refractivity contribution >= 4 is 11.9 Å². The van der Waals surface area contributed by atoms with Crippen molar-refractivity contribution in [1.29, 1.82) is 0 Å². The minimum atomic E-state index is -0.847. The van der Waals surface area contributed by atoms with E-state index in [1.165, 1.54) is 0 Å². The molecule has 27 heavy (non-hydrogen) atoms. The molecule has 0 saturated carbocycles. The van der Waals surface area contributed by atoms with Crippen LogP contribution in [0.1, 0.15) is 43.0 Å². The molecule has 1 unspecified atom stereocenters. The van der Waals surface area contributed by atoms with Gasteiger partial charge in [-0.15, -0.1) is 0 Å². The molecule has 0 radical (unpaired) electrons. The Morgan fingerprint density at radius 2 is 1.70 bits per heavy atom. The lowest BCUT2D eigenvalue weighted by Gasteiger charge is -2.24. The summed E-state index contributed by atoms with van der Waals surface area (Å²) < 4.78 is 11.1. The number of likely N-dealkylation sites (tertiary alicyclic amines) is 1. The molecule has 1 aromatic heterocycles. The van der Waals surface area contributed by atoms with Crippen LogP contribution in [0.2, 0.25) is 0 Å². The predicted octanol–water partition coefficient (Wildman–Crippen LogP) is 3.82. The summed E-state index contributed by atoms with van der Waals surface area (Å²) in [5.41, 5.74) is 0.192. The zero-order chi connectivity index (χ0) is 19.1. The average Bonchev–Trinajstić information content (AvgIpc) is 2.98. The van der Waals surface area contributed by atoms with Gasteiger partial charge in [-0.25, -0.2) is 9.78 Å². The van der Waals surface area contributed by atoms with Crippen LogP contribution >= 0.6 is 0 Å². The van der Waals surface area contributed by atoms with Crippen molar-refractivity contribution in [3.05, 3.63) is 54.2 Å². The number of pyridine rings is 1. The molecule has 142 valence electrons. The number of carbonyl (C=O) groups excluding carboxylic acids is 2. The summed E-state index contributed by atoms with van der Waals surface area (Å²) in [4.78, 5) is 31.1. The normalized spacial score (nSPS) is 15.5. The standard InChI is InChI=1S/C21H24N2O4/c1-16(20(24)23-14-7-2-3-8-15-23)26-21(25)18-12-9-13-22-19(18)27-17-10-5-4-6-11-17/h4-6,9-13,16H,2-3,7-8,14-15H2,1H3. The number of hydrogen-bond acceptors (Lipinski definition) is 5. The van der Waals surface area contributed by atoms with Gasteiger partial charge in [0.15, 0.2) is 6.10 Å². The maximum Gasteiger partial charge on any atom is 0.344 e. The molecule has 3 rings (SSSR count). The third-order valence-corrected chi connectivity index (χ3v) is 4.50. The van der Waals surface area contributed by atoms with E-state index in [4.69, 9.17) is 9.47 Å². The molecule has 1 aliphatic heterocycles. The van der Waals surface area contributed by atoms with E-state index < -0.39 is 12.1 Å². The Labute approximate surface area is 159 Å². The third kappa shape index (κ3) is 5.06. The predicted molar refractivity (Wildman–Crippen MR) is 101 cm³/mol. The van der Waals surface area contributed by atoms with Gasteiger partial charge >= 0.3 is 5.97 Å². The topological polar surface area (TPSA) is 68.7 Å². The summed E-state index contributed by atoms with van der Waals surface area (Å²) >= 11 is 0. The minimum absolute atomic E-state index is 0.153. The summed E-state index contributed by atoms with van der Waals surface area (Å²) in [6.45, 7) is 3.05. The molecule has 0 N–H and O–H groups in total. The van der Waals surface area contributed by atoms with Crippen LogP contribution in [-0.4, -0.2) is 41.0 Å². The Morgan fingerprint density at radius 1 is 1.00 bits per heavy atom. The maximum absolute atomic E-state index is 12.6. The number of benzene rings is 1. The monoisotopic (exact) mass is 368 g/mol. The smallest absolute Gasteiger partial charge is 0.344 e.